The molecular weight excluding hydrogens is 269 g/mol. The van der Waals surface area contributed by atoms with Crippen LogP contribution in [-0.4, -0.2) is 10.1 Å². The van der Waals surface area contributed by atoms with Gasteiger partial charge in [-0.3, -0.25) is 0 Å². The topological polar surface area (TPSA) is 64.9 Å². The van der Waals surface area contributed by atoms with Gasteiger partial charge in [0.2, 0.25) is 5.89 Å². The van der Waals surface area contributed by atoms with Crippen LogP contribution in [0.15, 0.2) is 28.8 Å². The molecule has 0 spiro atoms. The van der Waals surface area contributed by atoms with Crippen molar-refractivity contribution >= 4 is 0 Å². The summed E-state index contributed by atoms with van der Waals surface area (Å²) in [5, 5.41) is 3.97. The van der Waals surface area contributed by atoms with Crippen molar-refractivity contribution in [1.29, 1.82) is 0 Å². The lowest BCUT2D eigenvalue weighted by molar-refractivity contribution is 0.255. The Balaban J connectivity index is 1.68. The summed E-state index contributed by atoms with van der Waals surface area (Å²) in [6, 6.07) is 6.25. The van der Waals surface area contributed by atoms with Gasteiger partial charge in [0.25, 0.3) is 0 Å². The third kappa shape index (κ3) is 3.47. The summed E-state index contributed by atoms with van der Waals surface area (Å²) >= 11 is 0. The third-order valence-electron chi connectivity index (χ3n) is 4.18. The second kappa shape index (κ2) is 6.35. The molecule has 1 atom stereocenters. The fourth-order valence-electron chi connectivity index (χ4n) is 3.00. The quantitative estimate of drug-likeness (QED) is 0.937. The molecule has 1 aromatic carbocycles. The number of hydrogen-bond donors (Lipinski definition) is 1. The molecule has 5 heteroatoms. The number of halogens is 1. The van der Waals surface area contributed by atoms with Gasteiger partial charge in [-0.2, -0.15) is 4.98 Å². The summed E-state index contributed by atoms with van der Waals surface area (Å²) in [6.45, 7) is 0. The zero-order valence-electron chi connectivity index (χ0n) is 12.0. The molecule has 0 amide bonds. The first-order chi connectivity index (χ1) is 10.2. The molecule has 0 bridgehead atoms. The molecule has 1 aliphatic carbocycles. The Morgan fingerprint density at radius 2 is 2.10 bits per heavy atom. The largest absolute Gasteiger partial charge is 0.338 e. The lowest BCUT2D eigenvalue weighted by Crippen LogP contribution is -2.23. The van der Waals surface area contributed by atoms with Gasteiger partial charge in [-0.15, -0.1) is 0 Å². The first-order valence-electron chi connectivity index (χ1n) is 7.55. The average molecular weight is 289 g/mol. The first kappa shape index (κ1) is 14.2. The molecule has 0 aliphatic heterocycles. The molecule has 0 saturated heterocycles. The Morgan fingerprint density at radius 1 is 1.29 bits per heavy atom. The highest BCUT2D eigenvalue weighted by molar-refractivity contribution is 5.19. The van der Waals surface area contributed by atoms with Crippen molar-refractivity contribution in [2.24, 2.45) is 11.7 Å². The van der Waals surface area contributed by atoms with Crippen molar-refractivity contribution in [3.05, 3.63) is 47.4 Å². The van der Waals surface area contributed by atoms with Crippen molar-refractivity contribution in [3.63, 3.8) is 0 Å². The molecule has 0 radical (unpaired) electrons. The number of aromatic nitrogens is 2. The van der Waals surface area contributed by atoms with Crippen molar-refractivity contribution in [2.75, 3.05) is 0 Å². The van der Waals surface area contributed by atoms with Crippen LogP contribution >= 0.6 is 0 Å². The predicted octanol–water partition coefficient (Wildman–Crippen LogP) is 3.38. The molecule has 2 N–H and O–H groups in total. The lowest BCUT2D eigenvalue weighted by Gasteiger charge is -2.24. The molecule has 1 aliphatic rings. The van der Waals surface area contributed by atoms with Crippen LogP contribution in [-0.2, 0) is 6.42 Å². The van der Waals surface area contributed by atoms with Gasteiger partial charge >= 0.3 is 0 Å². The van der Waals surface area contributed by atoms with Crippen molar-refractivity contribution in [1.82, 2.24) is 10.1 Å². The van der Waals surface area contributed by atoms with Gasteiger partial charge in [-0.05, 0) is 36.5 Å². The number of nitrogens with zero attached hydrogens (tertiary/aromatic N) is 2. The number of hydrogen-bond acceptors (Lipinski definition) is 4. The Hall–Kier alpha value is -1.75. The van der Waals surface area contributed by atoms with Gasteiger partial charge in [0, 0.05) is 6.42 Å². The highest BCUT2D eigenvalue weighted by Gasteiger charge is 2.26. The van der Waals surface area contributed by atoms with Crippen LogP contribution in [0.25, 0.3) is 0 Å². The third-order valence-corrected chi connectivity index (χ3v) is 4.18. The maximum absolute atomic E-state index is 13.2. The molecule has 2 aromatic rings. The van der Waals surface area contributed by atoms with Gasteiger partial charge in [0.05, 0.1) is 6.04 Å². The zero-order valence-corrected chi connectivity index (χ0v) is 12.0. The SMILES string of the molecule is NC(c1nc(Cc2cccc(F)c2)no1)C1CCCCC1. The monoisotopic (exact) mass is 289 g/mol. The van der Waals surface area contributed by atoms with Crippen LogP contribution in [0.4, 0.5) is 4.39 Å². The van der Waals surface area contributed by atoms with E-state index in [0.29, 0.717) is 24.1 Å². The van der Waals surface area contributed by atoms with Crippen LogP contribution < -0.4 is 5.73 Å². The Labute approximate surface area is 123 Å². The van der Waals surface area contributed by atoms with Crippen LogP contribution in [0.5, 0.6) is 0 Å². The van der Waals surface area contributed by atoms with Gasteiger partial charge in [0.1, 0.15) is 5.82 Å². The van der Waals surface area contributed by atoms with E-state index in [2.05, 4.69) is 10.1 Å². The second-order valence-corrected chi connectivity index (χ2v) is 5.78. The van der Waals surface area contributed by atoms with E-state index < -0.39 is 0 Å². The number of benzene rings is 1. The van der Waals surface area contributed by atoms with Gasteiger partial charge in [-0.1, -0.05) is 36.6 Å². The summed E-state index contributed by atoms with van der Waals surface area (Å²) in [5.74, 6) is 1.24. The van der Waals surface area contributed by atoms with Crippen LogP contribution in [0, 0.1) is 11.7 Å². The normalized spacial score (nSPS) is 17.8. The van der Waals surface area contributed by atoms with Crippen molar-refractivity contribution < 1.29 is 8.91 Å². The van der Waals surface area contributed by atoms with E-state index in [0.717, 1.165) is 18.4 Å². The fraction of sp³-hybridized carbons (Fsp3) is 0.500. The molecule has 4 nitrogen and oxygen atoms in total. The van der Waals surface area contributed by atoms with Crippen LogP contribution in [0.1, 0.15) is 55.4 Å². The average Bonchev–Trinajstić information content (AvgIpc) is 2.96. The number of nitrogens with two attached hydrogens (primary N) is 1. The summed E-state index contributed by atoms with van der Waals surface area (Å²) in [7, 11) is 0. The van der Waals surface area contributed by atoms with Gasteiger partial charge in [-0.25, -0.2) is 4.39 Å². The van der Waals surface area contributed by atoms with E-state index in [1.165, 1.54) is 31.4 Å². The van der Waals surface area contributed by atoms with Crippen molar-refractivity contribution in [3.8, 4) is 0 Å². The molecule has 112 valence electrons. The van der Waals surface area contributed by atoms with E-state index in [9.17, 15) is 4.39 Å². The van der Waals surface area contributed by atoms with Crippen LogP contribution in [0.3, 0.4) is 0 Å². The molecular formula is C16H20FN3O. The van der Waals surface area contributed by atoms with Gasteiger partial charge in [0.15, 0.2) is 5.82 Å². The molecule has 1 aromatic heterocycles. The highest BCUT2D eigenvalue weighted by Crippen LogP contribution is 2.32. The number of rotatable bonds is 4. The second-order valence-electron chi connectivity index (χ2n) is 5.78. The minimum Gasteiger partial charge on any atom is -0.338 e. The lowest BCUT2D eigenvalue weighted by atomic mass is 9.84. The van der Waals surface area contributed by atoms with Crippen molar-refractivity contribution in [2.45, 2.75) is 44.6 Å². The minimum absolute atomic E-state index is 0.181. The van der Waals surface area contributed by atoms with E-state index >= 15 is 0 Å². The van der Waals surface area contributed by atoms with E-state index in [1.807, 2.05) is 6.07 Å². The Kier molecular flexibility index (Phi) is 4.29. The first-order valence-corrected chi connectivity index (χ1v) is 7.55. The summed E-state index contributed by atoms with van der Waals surface area (Å²) < 4.78 is 18.5. The standard InChI is InChI=1S/C16H20FN3O/c17-13-8-4-5-11(9-13)10-14-19-16(21-20-14)15(18)12-6-2-1-3-7-12/h4-5,8-9,12,15H,1-3,6-7,10,18H2. The molecule has 1 fully saturated rings. The van der Waals surface area contributed by atoms with Gasteiger partial charge < -0.3 is 10.3 Å². The molecule has 1 saturated carbocycles. The summed E-state index contributed by atoms with van der Waals surface area (Å²) in [6.07, 6.45) is 6.45. The van der Waals surface area contributed by atoms with Crippen LogP contribution in [0.2, 0.25) is 0 Å². The molecule has 1 unspecified atom stereocenters. The maximum Gasteiger partial charge on any atom is 0.243 e. The highest BCUT2D eigenvalue weighted by atomic mass is 19.1. The summed E-state index contributed by atoms with van der Waals surface area (Å²) in [4.78, 5) is 4.39. The van der Waals surface area contributed by atoms with E-state index in [4.69, 9.17) is 10.3 Å². The van der Waals surface area contributed by atoms with E-state index in [-0.39, 0.29) is 11.9 Å². The smallest absolute Gasteiger partial charge is 0.243 e. The summed E-state index contributed by atoms with van der Waals surface area (Å²) in [5.41, 5.74) is 7.07. The molecule has 3 rings (SSSR count). The maximum atomic E-state index is 13.2. The zero-order chi connectivity index (χ0) is 14.7. The fourth-order valence-corrected chi connectivity index (χ4v) is 3.00. The minimum atomic E-state index is -0.255. The Bertz CT molecular complexity index is 593. The van der Waals surface area contributed by atoms with E-state index in [1.54, 1.807) is 6.07 Å². The Morgan fingerprint density at radius 3 is 2.86 bits per heavy atom. The molecule has 21 heavy (non-hydrogen) atoms. The predicted molar refractivity (Wildman–Crippen MR) is 77.0 cm³/mol. The molecule has 1 heterocycles.